The van der Waals surface area contributed by atoms with Crippen molar-refractivity contribution in [2.24, 2.45) is 5.92 Å². The van der Waals surface area contributed by atoms with E-state index in [0.717, 1.165) is 17.0 Å². The fourth-order valence-corrected chi connectivity index (χ4v) is 5.01. The Balaban J connectivity index is 1.39. The van der Waals surface area contributed by atoms with Crippen LogP contribution in [-0.2, 0) is 11.3 Å². The highest BCUT2D eigenvalue weighted by molar-refractivity contribution is 6.22. The number of carbonyl (C=O) groups excluding carboxylic acids is 3. The second-order valence-corrected chi connectivity index (χ2v) is 8.14. The Morgan fingerprint density at radius 1 is 0.931 bits per heavy atom. The summed E-state index contributed by atoms with van der Waals surface area (Å²) in [6.07, 6.45) is 0.939. The first kappa shape index (κ1) is 17.8. The number of carbonyl (C=O) groups is 3. The van der Waals surface area contributed by atoms with Crippen LogP contribution in [-0.4, -0.2) is 51.2 Å². The summed E-state index contributed by atoms with van der Waals surface area (Å²) in [6.45, 7) is 3.24. The second kappa shape index (κ2) is 6.40. The molecule has 1 unspecified atom stereocenters. The van der Waals surface area contributed by atoms with E-state index in [1.54, 1.807) is 48.2 Å². The van der Waals surface area contributed by atoms with Crippen molar-refractivity contribution in [3.63, 3.8) is 0 Å². The van der Waals surface area contributed by atoms with Crippen molar-refractivity contribution in [3.05, 3.63) is 69.6 Å². The SMILES string of the molecule is CC(C(=O)N1C[C@@H]2C[C@H](C1)c1cccc(=O)n1C2)N1C(=O)c2ccccc2C1=O. The quantitative estimate of drug-likeness (QED) is 0.727. The Morgan fingerprint density at radius 2 is 1.62 bits per heavy atom. The van der Waals surface area contributed by atoms with Crippen LogP contribution in [0.4, 0.5) is 0 Å². The molecule has 1 saturated heterocycles. The summed E-state index contributed by atoms with van der Waals surface area (Å²) in [5, 5.41) is 0. The van der Waals surface area contributed by atoms with Gasteiger partial charge in [0.05, 0.1) is 11.1 Å². The number of hydrogen-bond acceptors (Lipinski definition) is 4. The molecule has 3 aliphatic rings. The standard InChI is InChI=1S/C22H21N3O4/c1-13(25-21(28)16-5-2-3-6-17(16)22(25)29)20(27)23-10-14-9-15(12-23)18-7-4-8-19(26)24(18)11-14/h2-8,13-15H,9-12H2,1H3/t13?,14-,15+/m0/s1. The molecule has 29 heavy (non-hydrogen) atoms. The summed E-state index contributed by atoms with van der Waals surface area (Å²) in [5.74, 6) is -0.767. The van der Waals surface area contributed by atoms with E-state index >= 15 is 0 Å². The predicted octanol–water partition coefficient (Wildman–Crippen LogP) is 1.48. The molecule has 2 bridgehead atoms. The first-order valence-electron chi connectivity index (χ1n) is 9.91. The molecule has 148 valence electrons. The summed E-state index contributed by atoms with van der Waals surface area (Å²) >= 11 is 0. The van der Waals surface area contributed by atoms with Gasteiger partial charge in [0, 0.05) is 37.3 Å². The molecule has 0 spiro atoms. The van der Waals surface area contributed by atoms with Crippen molar-refractivity contribution in [1.82, 2.24) is 14.4 Å². The molecule has 0 radical (unpaired) electrons. The number of fused-ring (bicyclic) bond motifs is 5. The molecule has 7 heteroatoms. The number of aromatic nitrogens is 1. The Bertz CT molecular complexity index is 1070. The van der Waals surface area contributed by atoms with Crippen molar-refractivity contribution in [2.45, 2.75) is 31.8 Å². The van der Waals surface area contributed by atoms with Gasteiger partial charge in [0.2, 0.25) is 5.91 Å². The van der Waals surface area contributed by atoms with Crippen molar-refractivity contribution >= 4 is 17.7 Å². The minimum Gasteiger partial charge on any atom is -0.340 e. The first-order valence-corrected chi connectivity index (χ1v) is 9.91. The van der Waals surface area contributed by atoms with E-state index in [4.69, 9.17) is 0 Å². The zero-order chi connectivity index (χ0) is 20.3. The number of piperidine rings is 1. The zero-order valence-corrected chi connectivity index (χ0v) is 16.1. The average molecular weight is 391 g/mol. The largest absolute Gasteiger partial charge is 0.340 e. The van der Waals surface area contributed by atoms with Gasteiger partial charge in [-0.15, -0.1) is 0 Å². The molecular formula is C22H21N3O4. The summed E-state index contributed by atoms with van der Waals surface area (Å²) in [5.41, 5.74) is 1.65. The molecule has 3 amide bonds. The van der Waals surface area contributed by atoms with E-state index in [1.807, 2.05) is 10.6 Å². The minimum absolute atomic E-state index is 0.00336. The van der Waals surface area contributed by atoms with Gasteiger partial charge >= 0.3 is 0 Å². The molecule has 4 heterocycles. The molecule has 1 fully saturated rings. The van der Waals surface area contributed by atoms with Gasteiger partial charge < -0.3 is 9.47 Å². The third-order valence-electron chi connectivity index (χ3n) is 6.36. The first-order chi connectivity index (χ1) is 14.0. The van der Waals surface area contributed by atoms with Crippen molar-refractivity contribution < 1.29 is 14.4 Å². The molecule has 1 aromatic carbocycles. The van der Waals surface area contributed by atoms with Crippen LogP contribution in [0.1, 0.15) is 45.7 Å². The van der Waals surface area contributed by atoms with E-state index in [0.29, 0.717) is 30.8 Å². The van der Waals surface area contributed by atoms with Crippen molar-refractivity contribution in [2.75, 3.05) is 13.1 Å². The highest BCUT2D eigenvalue weighted by Crippen LogP contribution is 2.35. The fraction of sp³-hybridized carbons (Fsp3) is 0.364. The van der Waals surface area contributed by atoms with Crippen LogP contribution in [0.3, 0.4) is 0 Å². The number of pyridine rings is 1. The summed E-state index contributed by atoms with van der Waals surface area (Å²) in [6, 6.07) is 11.1. The number of amides is 3. The minimum atomic E-state index is -0.862. The van der Waals surface area contributed by atoms with E-state index in [9.17, 15) is 19.2 Å². The number of rotatable bonds is 2. The van der Waals surface area contributed by atoms with E-state index < -0.39 is 17.9 Å². The van der Waals surface area contributed by atoms with Crippen LogP contribution in [0.2, 0.25) is 0 Å². The molecule has 0 aliphatic carbocycles. The van der Waals surface area contributed by atoms with Crippen LogP contribution in [0.5, 0.6) is 0 Å². The highest BCUT2D eigenvalue weighted by Gasteiger charge is 2.44. The molecule has 3 atom stereocenters. The third kappa shape index (κ3) is 2.64. The summed E-state index contributed by atoms with van der Waals surface area (Å²) < 4.78 is 1.81. The van der Waals surface area contributed by atoms with E-state index in [-0.39, 0.29) is 23.3 Å². The van der Waals surface area contributed by atoms with Gasteiger partial charge in [0.1, 0.15) is 6.04 Å². The molecule has 0 N–H and O–H groups in total. The van der Waals surface area contributed by atoms with Crippen LogP contribution < -0.4 is 5.56 Å². The van der Waals surface area contributed by atoms with E-state index in [1.165, 1.54) is 0 Å². The fourth-order valence-electron chi connectivity index (χ4n) is 5.01. The number of hydrogen-bond donors (Lipinski definition) is 0. The lowest BCUT2D eigenvalue weighted by molar-refractivity contribution is -0.137. The van der Waals surface area contributed by atoms with Crippen LogP contribution >= 0.6 is 0 Å². The lowest BCUT2D eigenvalue weighted by Gasteiger charge is -2.43. The molecule has 3 aliphatic heterocycles. The maximum atomic E-state index is 13.2. The maximum Gasteiger partial charge on any atom is 0.262 e. The van der Waals surface area contributed by atoms with Gasteiger partial charge in [0.15, 0.2) is 0 Å². The topological polar surface area (TPSA) is 79.7 Å². The smallest absolute Gasteiger partial charge is 0.262 e. The van der Waals surface area contributed by atoms with Gasteiger partial charge in [-0.3, -0.25) is 24.1 Å². The Labute approximate surface area is 167 Å². The predicted molar refractivity (Wildman–Crippen MR) is 105 cm³/mol. The van der Waals surface area contributed by atoms with Gasteiger partial charge in [-0.2, -0.15) is 0 Å². The zero-order valence-electron chi connectivity index (χ0n) is 16.1. The second-order valence-electron chi connectivity index (χ2n) is 8.14. The van der Waals surface area contributed by atoms with Crippen LogP contribution in [0.25, 0.3) is 0 Å². The molecule has 2 aromatic rings. The Morgan fingerprint density at radius 3 is 2.31 bits per heavy atom. The normalized spacial score (nSPS) is 23.6. The van der Waals surface area contributed by atoms with Crippen molar-refractivity contribution in [1.29, 1.82) is 0 Å². The van der Waals surface area contributed by atoms with Crippen LogP contribution in [0.15, 0.2) is 47.3 Å². The maximum absolute atomic E-state index is 13.2. The number of nitrogens with zero attached hydrogens (tertiary/aromatic N) is 3. The molecular weight excluding hydrogens is 370 g/mol. The molecule has 5 rings (SSSR count). The average Bonchev–Trinajstić information content (AvgIpc) is 2.98. The summed E-state index contributed by atoms with van der Waals surface area (Å²) in [4.78, 5) is 53.7. The van der Waals surface area contributed by atoms with E-state index in [2.05, 4.69) is 0 Å². The summed E-state index contributed by atoms with van der Waals surface area (Å²) in [7, 11) is 0. The van der Waals surface area contributed by atoms with Gasteiger partial charge in [-0.1, -0.05) is 18.2 Å². The lowest BCUT2D eigenvalue weighted by atomic mass is 9.83. The van der Waals surface area contributed by atoms with Gasteiger partial charge in [-0.05, 0) is 37.5 Å². The van der Waals surface area contributed by atoms with Gasteiger partial charge in [0.25, 0.3) is 17.4 Å². The molecule has 0 saturated carbocycles. The Kier molecular flexibility index (Phi) is 3.94. The highest BCUT2D eigenvalue weighted by atomic mass is 16.2. The molecule has 1 aromatic heterocycles. The monoisotopic (exact) mass is 391 g/mol. The third-order valence-corrected chi connectivity index (χ3v) is 6.36. The van der Waals surface area contributed by atoms with Crippen molar-refractivity contribution in [3.8, 4) is 0 Å². The number of likely N-dealkylation sites (tertiary alicyclic amines) is 1. The lowest BCUT2D eigenvalue weighted by Crippen LogP contribution is -2.55. The number of benzene rings is 1. The van der Waals surface area contributed by atoms with Gasteiger partial charge in [-0.25, -0.2) is 0 Å². The number of imide groups is 1. The Hall–Kier alpha value is -3.22. The molecule has 7 nitrogen and oxygen atoms in total. The van der Waals surface area contributed by atoms with Crippen LogP contribution in [0, 0.1) is 5.92 Å².